The first-order valence-corrected chi connectivity index (χ1v) is 5.61. The minimum atomic E-state index is -0.295. The van der Waals surface area contributed by atoms with Crippen molar-refractivity contribution < 1.29 is 9.90 Å². The van der Waals surface area contributed by atoms with E-state index in [-0.39, 0.29) is 17.2 Å². The van der Waals surface area contributed by atoms with Crippen LogP contribution in [0.5, 0.6) is 5.75 Å². The molecule has 0 aliphatic rings. The standard InChI is InChI=1S/C13H15N3O2/c1-9-3-4-11(12(17)5-9)13(18)14-6-10-7-15-16(2)8-10/h3-5,7-8,17H,6H2,1-2H3,(H,14,18). The van der Waals surface area contributed by atoms with Crippen molar-refractivity contribution in [2.45, 2.75) is 13.5 Å². The molecule has 0 saturated carbocycles. The number of carbonyl (C=O) groups is 1. The minimum Gasteiger partial charge on any atom is -0.507 e. The van der Waals surface area contributed by atoms with Gasteiger partial charge in [-0.25, -0.2) is 0 Å². The Morgan fingerprint density at radius 2 is 2.28 bits per heavy atom. The Morgan fingerprint density at radius 3 is 2.89 bits per heavy atom. The third-order valence-electron chi connectivity index (χ3n) is 2.61. The van der Waals surface area contributed by atoms with Crippen LogP contribution >= 0.6 is 0 Å². The van der Waals surface area contributed by atoms with E-state index in [0.29, 0.717) is 6.54 Å². The van der Waals surface area contributed by atoms with Gasteiger partial charge in [-0.1, -0.05) is 6.07 Å². The van der Waals surface area contributed by atoms with Gasteiger partial charge in [0.05, 0.1) is 11.8 Å². The Kier molecular flexibility index (Phi) is 3.32. The highest BCUT2D eigenvalue weighted by molar-refractivity contribution is 5.96. The molecule has 5 nitrogen and oxygen atoms in total. The maximum Gasteiger partial charge on any atom is 0.255 e. The maximum atomic E-state index is 11.9. The molecule has 94 valence electrons. The van der Waals surface area contributed by atoms with Crippen molar-refractivity contribution in [1.82, 2.24) is 15.1 Å². The average molecular weight is 245 g/mol. The topological polar surface area (TPSA) is 67.2 Å². The van der Waals surface area contributed by atoms with Crippen LogP contribution < -0.4 is 5.32 Å². The number of rotatable bonds is 3. The molecule has 2 rings (SSSR count). The van der Waals surface area contributed by atoms with E-state index in [4.69, 9.17) is 0 Å². The van der Waals surface area contributed by atoms with Crippen LogP contribution in [0.4, 0.5) is 0 Å². The third kappa shape index (κ3) is 2.68. The van der Waals surface area contributed by atoms with Crippen LogP contribution in [0.3, 0.4) is 0 Å². The van der Waals surface area contributed by atoms with Gasteiger partial charge in [0.2, 0.25) is 0 Å². The van der Waals surface area contributed by atoms with Crippen molar-refractivity contribution in [3.8, 4) is 5.75 Å². The molecule has 18 heavy (non-hydrogen) atoms. The summed E-state index contributed by atoms with van der Waals surface area (Å²) in [6, 6.07) is 4.97. The molecule has 0 unspecified atom stereocenters. The van der Waals surface area contributed by atoms with Crippen molar-refractivity contribution in [3.63, 3.8) is 0 Å². The number of phenols is 1. The molecule has 1 amide bonds. The van der Waals surface area contributed by atoms with Crippen LogP contribution in [0, 0.1) is 6.92 Å². The minimum absolute atomic E-state index is 0.00122. The molecule has 0 aliphatic carbocycles. The van der Waals surface area contributed by atoms with Gasteiger partial charge in [-0.2, -0.15) is 5.10 Å². The zero-order chi connectivity index (χ0) is 13.1. The van der Waals surface area contributed by atoms with Gasteiger partial charge in [0.25, 0.3) is 5.91 Å². The lowest BCUT2D eigenvalue weighted by molar-refractivity contribution is 0.0948. The van der Waals surface area contributed by atoms with E-state index >= 15 is 0 Å². The highest BCUT2D eigenvalue weighted by Crippen LogP contribution is 2.18. The highest BCUT2D eigenvalue weighted by Gasteiger charge is 2.10. The Bertz CT molecular complexity index is 575. The molecule has 1 heterocycles. The number of nitrogens with one attached hydrogen (secondary N) is 1. The van der Waals surface area contributed by atoms with Crippen molar-refractivity contribution in [3.05, 3.63) is 47.3 Å². The number of aryl methyl sites for hydroxylation is 2. The smallest absolute Gasteiger partial charge is 0.255 e. The summed E-state index contributed by atoms with van der Waals surface area (Å²) in [5.41, 5.74) is 2.11. The number of phenolic OH excluding ortho intramolecular Hbond substituents is 1. The monoisotopic (exact) mass is 245 g/mol. The third-order valence-corrected chi connectivity index (χ3v) is 2.61. The van der Waals surface area contributed by atoms with Gasteiger partial charge in [0.15, 0.2) is 0 Å². The van der Waals surface area contributed by atoms with E-state index in [0.717, 1.165) is 11.1 Å². The van der Waals surface area contributed by atoms with Gasteiger partial charge in [0, 0.05) is 25.4 Å². The Labute approximate surface area is 105 Å². The molecule has 0 spiro atoms. The maximum absolute atomic E-state index is 11.9. The zero-order valence-electron chi connectivity index (χ0n) is 10.3. The van der Waals surface area contributed by atoms with Crippen molar-refractivity contribution in [2.75, 3.05) is 0 Å². The normalized spacial score (nSPS) is 10.3. The molecule has 5 heteroatoms. The summed E-state index contributed by atoms with van der Waals surface area (Å²) in [7, 11) is 1.82. The quantitative estimate of drug-likeness (QED) is 0.858. The number of aromatic hydroxyl groups is 1. The van der Waals surface area contributed by atoms with Crippen molar-refractivity contribution >= 4 is 5.91 Å². The Hall–Kier alpha value is -2.30. The summed E-state index contributed by atoms with van der Waals surface area (Å²) in [6.07, 6.45) is 3.52. The largest absolute Gasteiger partial charge is 0.507 e. The number of hydrogen-bond acceptors (Lipinski definition) is 3. The number of nitrogens with zero attached hydrogens (tertiary/aromatic N) is 2. The molecule has 2 N–H and O–H groups in total. The molecule has 0 fully saturated rings. The molecule has 0 aliphatic heterocycles. The first kappa shape index (κ1) is 12.2. The summed E-state index contributed by atoms with van der Waals surface area (Å²) in [4.78, 5) is 11.9. The van der Waals surface area contributed by atoms with E-state index in [9.17, 15) is 9.90 Å². The number of amides is 1. The summed E-state index contributed by atoms with van der Waals surface area (Å²) in [5.74, 6) is -0.296. The van der Waals surface area contributed by atoms with Crippen LogP contribution in [0.15, 0.2) is 30.6 Å². The zero-order valence-corrected chi connectivity index (χ0v) is 10.3. The fourth-order valence-corrected chi connectivity index (χ4v) is 1.67. The van der Waals surface area contributed by atoms with Gasteiger partial charge < -0.3 is 10.4 Å². The van der Waals surface area contributed by atoms with E-state index in [1.54, 1.807) is 29.1 Å². The number of carbonyl (C=O) groups excluding carboxylic acids is 1. The predicted molar refractivity (Wildman–Crippen MR) is 67.2 cm³/mol. The first-order valence-electron chi connectivity index (χ1n) is 5.61. The Balaban J connectivity index is 2.03. The second-order valence-electron chi connectivity index (χ2n) is 4.23. The molecule has 0 radical (unpaired) electrons. The molecule has 2 aromatic rings. The fraction of sp³-hybridized carbons (Fsp3) is 0.231. The lowest BCUT2D eigenvalue weighted by Crippen LogP contribution is -2.22. The van der Waals surface area contributed by atoms with Crippen molar-refractivity contribution in [2.24, 2.45) is 7.05 Å². The molecule has 0 bridgehead atoms. The van der Waals surface area contributed by atoms with Crippen LogP contribution in [-0.4, -0.2) is 20.8 Å². The lowest BCUT2D eigenvalue weighted by atomic mass is 10.1. The molecular weight excluding hydrogens is 230 g/mol. The van der Waals surface area contributed by atoms with Gasteiger partial charge in [0.1, 0.15) is 5.75 Å². The average Bonchev–Trinajstić information content (AvgIpc) is 2.72. The summed E-state index contributed by atoms with van der Waals surface area (Å²) in [5, 5.41) is 16.4. The van der Waals surface area contributed by atoms with Crippen LogP contribution in [0.25, 0.3) is 0 Å². The van der Waals surface area contributed by atoms with Gasteiger partial charge in [-0.15, -0.1) is 0 Å². The number of aromatic nitrogens is 2. The number of benzene rings is 1. The summed E-state index contributed by atoms with van der Waals surface area (Å²) in [6.45, 7) is 2.25. The van der Waals surface area contributed by atoms with Crippen LogP contribution in [0.2, 0.25) is 0 Å². The molecular formula is C13H15N3O2. The van der Waals surface area contributed by atoms with Gasteiger partial charge >= 0.3 is 0 Å². The van der Waals surface area contributed by atoms with Crippen molar-refractivity contribution in [1.29, 1.82) is 0 Å². The molecule has 1 aromatic heterocycles. The van der Waals surface area contributed by atoms with Gasteiger partial charge in [-0.05, 0) is 24.6 Å². The lowest BCUT2D eigenvalue weighted by Gasteiger charge is -2.06. The predicted octanol–water partition coefficient (Wildman–Crippen LogP) is 1.36. The fourth-order valence-electron chi connectivity index (χ4n) is 1.67. The second kappa shape index (κ2) is 4.91. The second-order valence-corrected chi connectivity index (χ2v) is 4.23. The summed E-state index contributed by atoms with van der Waals surface area (Å²) >= 11 is 0. The van der Waals surface area contributed by atoms with E-state index in [1.807, 2.05) is 20.2 Å². The molecule has 0 saturated heterocycles. The molecule has 1 aromatic carbocycles. The van der Waals surface area contributed by atoms with Crippen LogP contribution in [0.1, 0.15) is 21.5 Å². The number of hydrogen-bond donors (Lipinski definition) is 2. The van der Waals surface area contributed by atoms with E-state index in [1.165, 1.54) is 0 Å². The first-order chi connectivity index (χ1) is 8.56. The Morgan fingerprint density at radius 1 is 1.50 bits per heavy atom. The van der Waals surface area contributed by atoms with E-state index < -0.39 is 0 Å². The van der Waals surface area contributed by atoms with Gasteiger partial charge in [-0.3, -0.25) is 9.48 Å². The molecule has 0 atom stereocenters. The van der Waals surface area contributed by atoms with Crippen LogP contribution in [-0.2, 0) is 13.6 Å². The summed E-state index contributed by atoms with van der Waals surface area (Å²) < 4.78 is 1.67. The highest BCUT2D eigenvalue weighted by atomic mass is 16.3. The van der Waals surface area contributed by atoms with E-state index in [2.05, 4.69) is 10.4 Å². The SMILES string of the molecule is Cc1ccc(C(=O)NCc2cnn(C)c2)c(O)c1.